The zero-order valence-corrected chi connectivity index (χ0v) is 15.6. The van der Waals surface area contributed by atoms with Gasteiger partial charge in [-0.05, 0) is 46.5 Å². The molecule has 0 saturated heterocycles. The Labute approximate surface area is 145 Å². The van der Waals surface area contributed by atoms with Gasteiger partial charge in [0.25, 0.3) is 5.91 Å². The summed E-state index contributed by atoms with van der Waals surface area (Å²) in [4.78, 5) is 12.6. The molecule has 0 aromatic carbocycles. The van der Waals surface area contributed by atoms with Crippen LogP contribution in [0.25, 0.3) is 0 Å². The number of hydrogen-bond donors (Lipinski definition) is 2. The number of carbonyl (C=O) groups excluding carboxylic acids is 1. The normalized spacial score (nSPS) is 17.4. The Morgan fingerprint density at radius 3 is 2.48 bits per heavy atom. The minimum absolute atomic E-state index is 0. The lowest BCUT2D eigenvalue weighted by Gasteiger charge is -2.30. The Kier molecular flexibility index (Phi) is 7.08. The highest BCUT2D eigenvalue weighted by molar-refractivity contribution is 5.95. The maximum absolute atomic E-state index is 12.6. The molecule has 1 unspecified atom stereocenters. The molecule has 1 saturated carbocycles. The Hall–Kier alpha value is -1.07. The van der Waals surface area contributed by atoms with Crippen LogP contribution in [-0.2, 0) is 5.54 Å². The van der Waals surface area contributed by atoms with Crippen LogP contribution in [0.3, 0.4) is 0 Å². The van der Waals surface area contributed by atoms with E-state index in [1.165, 1.54) is 32.1 Å². The fourth-order valence-corrected chi connectivity index (χ4v) is 3.46. The van der Waals surface area contributed by atoms with E-state index in [4.69, 9.17) is 5.73 Å². The molecule has 0 bridgehead atoms. The minimum Gasteiger partial charge on any atom is -0.348 e. The number of nitrogens with zero attached hydrogens (tertiary/aromatic N) is 2. The molecule has 132 valence electrons. The highest BCUT2D eigenvalue weighted by Gasteiger charge is 2.26. The minimum atomic E-state index is -0.126. The van der Waals surface area contributed by atoms with Gasteiger partial charge in [-0.15, -0.1) is 12.4 Å². The first-order valence-corrected chi connectivity index (χ1v) is 8.40. The van der Waals surface area contributed by atoms with Crippen LogP contribution in [0.5, 0.6) is 0 Å². The van der Waals surface area contributed by atoms with Gasteiger partial charge in [-0.3, -0.25) is 9.48 Å². The van der Waals surface area contributed by atoms with Crippen molar-refractivity contribution < 1.29 is 4.79 Å². The van der Waals surface area contributed by atoms with Crippen molar-refractivity contribution in [1.29, 1.82) is 0 Å². The third-order valence-corrected chi connectivity index (χ3v) is 4.68. The van der Waals surface area contributed by atoms with E-state index in [9.17, 15) is 4.79 Å². The lowest BCUT2D eigenvalue weighted by Crippen LogP contribution is -2.46. The Morgan fingerprint density at radius 1 is 1.39 bits per heavy atom. The lowest BCUT2D eigenvalue weighted by atomic mass is 9.84. The summed E-state index contributed by atoms with van der Waals surface area (Å²) in [6, 6.07) is 0.0742. The number of rotatable bonds is 4. The fraction of sp³-hybridized carbons (Fsp3) is 0.765. The first-order valence-electron chi connectivity index (χ1n) is 8.40. The van der Waals surface area contributed by atoms with Gasteiger partial charge in [0.05, 0.1) is 17.3 Å². The van der Waals surface area contributed by atoms with Gasteiger partial charge in [-0.1, -0.05) is 19.3 Å². The van der Waals surface area contributed by atoms with E-state index in [2.05, 4.69) is 31.2 Å². The first kappa shape index (κ1) is 20.0. The van der Waals surface area contributed by atoms with Gasteiger partial charge in [0.15, 0.2) is 0 Å². The second kappa shape index (κ2) is 8.15. The molecule has 1 heterocycles. The molecule has 3 N–H and O–H groups in total. The molecule has 1 aliphatic rings. The van der Waals surface area contributed by atoms with Gasteiger partial charge in [-0.25, -0.2) is 0 Å². The number of halogens is 1. The monoisotopic (exact) mass is 342 g/mol. The summed E-state index contributed by atoms with van der Waals surface area (Å²) in [7, 11) is 0. The van der Waals surface area contributed by atoms with Crippen LogP contribution < -0.4 is 11.1 Å². The molecule has 23 heavy (non-hydrogen) atoms. The SMILES string of the molecule is Cc1c(C(=O)NC(CN)C2CCCCC2)cnn1C(C)(C)C.Cl. The quantitative estimate of drug-likeness (QED) is 0.883. The van der Waals surface area contributed by atoms with Crippen molar-refractivity contribution in [3.63, 3.8) is 0 Å². The van der Waals surface area contributed by atoms with Crippen LogP contribution in [0.4, 0.5) is 0 Å². The summed E-state index contributed by atoms with van der Waals surface area (Å²) in [5, 5.41) is 7.52. The third-order valence-electron chi connectivity index (χ3n) is 4.68. The van der Waals surface area contributed by atoms with Gasteiger partial charge in [-0.2, -0.15) is 5.10 Å². The fourth-order valence-electron chi connectivity index (χ4n) is 3.46. The van der Waals surface area contributed by atoms with E-state index in [1.54, 1.807) is 6.20 Å². The van der Waals surface area contributed by atoms with Crippen molar-refractivity contribution in [1.82, 2.24) is 15.1 Å². The van der Waals surface area contributed by atoms with E-state index < -0.39 is 0 Å². The van der Waals surface area contributed by atoms with Crippen LogP contribution in [0, 0.1) is 12.8 Å². The molecular weight excluding hydrogens is 312 g/mol. The molecule has 1 amide bonds. The van der Waals surface area contributed by atoms with E-state index in [0.29, 0.717) is 18.0 Å². The molecule has 1 aromatic rings. The molecule has 0 radical (unpaired) electrons. The predicted octanol–water partition coefficient (Wildman–Crippen LogP) is 3.01. The summed E-state index contributed by atoms with van der Waals surface area (Å²) in [5.74, 6) is 0.467. The molecular formula is C17H31ClN4O. The number of nitrogens with one attached hydrogen (secondary N) is 1. The van der Waals surface area contributed by atoms with Gasteiger partial charge >= 0.3 is 0 Å². The molecule has 0 aliphatic heterocycles. The number of hydrogen-bond acceptors (Lipinski definition) is 3. The third kappa shape index (κ3) is 4.70. The second-order valence-corrected chi connectivity index (χ2v) is 7.44. The number of amides is 1. The summed E-state index contributed by atoms with van der Waals surface area (Å²) in [6.45, 7) is 8.70. The van der Waals surface area contributed by atoms with Gasteiger partial charge < -0.3 is 11.1 Å². The van der Waals surface area contributed by atoms with Crippen LogP contribution >= 0.6 is 12.4 Å². The van der Waals surface area contributed by atoms with Crippen molar-refractivity contribution in [2.75, 3.05) is 6.54 Å². The standard InChI is InChI=1S/C17H30N4O.ClH/c1-12-14(11-19-21(12)17(2,3)4)16(22)20-15(10-18)13-8-6-5-7-9-13;/h11,13,15H,5-10,18H2,1-4H3,(H,20,22);1H. The lowest BCUT2D eigenvalue weighted by molar-refractivity contribution is 0.0914. The molecule has 5 nitrogen and oxygen atoms in total. The van der Waals surface area contributed by atoms with Crippen molar-refractivity contribution in [3.05, 3.63) is 17.5 Å². The topological polar surface area (TPSA) is 72.9 Å². The largest absolute Gasteiger partial charge is 0.348 e. The van der Waals surface area contributed by atoms with Crippen LogP contribution in [0.2, 0.25) is 0 Å². The van der Waals surface area contributed by atoms with Gasteiger partial charge in [0.1, 0.15) is 0 Å². The van der Waals surface area contributed by atoms with Crippen molar-refractivity contribution >= 4 is 18.3 Å². The number of aromatic nitrogens is 2. The molecule has 0 spiro atoms. The zero-order chi connectivity index (χ0) is 16.3. The van der Waals surface area contributed by atoms with E-state index in [-0.39, 0.29) is 29.9 Å². The summed E-state index contributed by atoms with van der Waals surface area (Å²) < 4.78 is 1.90. The van der Waals surface area contributed by atoms with E-state index in [0.717, 1.165) is 5.69 Å². The van der Waals surface area contributed by atoms with Gasteiger partial charge in [0, 0.05) is 18.3 Å². The summed E-state index contributed by atoms with van der Waals surface area (Å²) in [5.41, 5.74) is 7.34. The highest BCUT2D eigenvalue weighted by atomic mass is 35.5. The highest BCUT2D eigenvalue weighted by Crippen LogP contribution is 2.26. The van der Waals surface area contributed by atoms with Crippen molar-refractivity contribution in [3.8, 4) is 0 Å². The smallest absolute Gasteiger partial charge is 0.255 e. The van der Waals surface area contributed by atoms with Crippen molar-refractivity contribution in [2.24, 2.45) is 11.7 Å². The van der Waals surface area contributed by atoms with Crippen molar-refractivity contribution in [2.45, 2.75) is 71.4 Å². The van der Waals surface area contributed by atoms with Crippen LogP contribution in [0.15, 0.2) is 6.20 Å². The zero-order valence-electron chi connectivity index (χ0n) is 14.8. The first-order chi connectivity index (χ1) is 10.3. The molecule has 1 fully saturated rings. The number of carbonyl (C=O) groups is 1. The summed E-state index contributed by atoms with van der Waals surface area (Å²) in [6.07, 6.45) is 7.81. The van der Waals surface area contributed by atoms with E-state index in [1.807, 2.05) is 11.6 Å². The molecule has 6 heteroatoms. The maximum Gasteiger partial charge on any atom is 0.255 e. The van der Waals surface area contributed by atoms with E-state index >= 15 is 0 Å². The summed E-state index contributed by atoms with van der Waals surface area (Å²) >= 11 is 0. The van der Waals surface area contributed by atoms with Gasteiger partial charge in [0.2, 0.25) is 0 Å². The Bertz CT molecular complexity index is 515. The average Bonchev–Trinajstić information content (AvgIpc) is 2.87. The maximum atomic E-state index is 12.6. The second-order valence-electron chi connectivity index (χ2n) is 7.44. The van der Waals surface area contributed by atoms with Crippen LogP contribution in [-0.4, -0.2) is 28.3 Å². The Balaban J connectivity index is 0.00000264. The predicted molar refractivity (Wildman–Crippen MR) is 96.1 cm³/mol. The van der Waals surface area contributed by atoms with Crippen LogP contribution in [0.1, 0.15) is 68.9 Å². The number of nitrogens with two attached hydrogens (primary N) is 1. The molecule has 1 atom stereocenters. The molecule has 1 aromatic heterocycles. The molecule has 1 aliphatic carbocycles. The average molecular weight is 343 g/mol. The Morgan fingerprint density at radius 2 is 2.00 bits per heavy atom. The molecule has 2 rings (SSSR count).